The molecule has 1 N–H and O–H groups in total. The summed E-state index contributed by atoms with van der Waals surface area (Å²) in [6, 6.07) is 19.2. The van der Waals surface area contributed by atoms with Crippen LogP contribution in [0, 0.1) is 25.2 Å². The van der Waals surface area contributed by atoms with Gasteiger partial charge in [0.1, 0.15) is 17.4 Å². The van der Waals surface area contributed by atoms with E-state index < -0.39 is 5.56 Å². The van der Waals surface area contributed by atoms with Crippen LogP contribution in [0.15, 0.2) is 64.5 Å². The Hall–Kier alpha value is -3.83. The van der Waals surface area contributed by atoms with E-state index in [4.69, 9.17) is 4.74 Å². The van der Waals surface area contributed by atoms with Gasteiger partial charge in [-0.3, -0.25) is 4.79 Å². The number of nitriles is 1. The second kappa shape index (κ2) is 9.12. The summed E-state index contributed by atoms with van der Waals surface area (Å²) in [5.74, 6) is 1.31. The molecule has 0 fully saturated rings. The number of rotatable bonds is 6. The van der Waals surface area contributed by atoms with E-state index in [2.05, 4.69) is 15.1 Å². The molecule has 0 amide bonds. The highest BCUT2D eigenvalue weighted by Crippen LogP contribution is 2.26. The molecule has 0 atom stereocenters. The van der Waals surface area contributed by atoms with Gasteiger partial charge >= 0.3 is 0 Å². The fourth-order valence-electron chi connectivity index (χ4n) is 3.36. The molecule has 4 aromatic rings. The molecule has 0 saturated heterocycles. The summed E-state index contributed by atoms with van der Waals surface area (Å²) >= 11 is 1.41. The Morgan fingerprint density at radius 1 is 1.12 bits per heavy atom. The monoisotopic (exact) mass is 443 g/mol. The minimum atomic E-state index is -0.448. The normalized spacial score (nSPS) is 10.7. The zero-order valence-electron chi connectivity index (χ0n) is 17.9. The highest BCUT2D eigenvalue weighted by molar-refractivity contribution is 7.98. The number of aromatic nitrogens is 4. The summed E-state index contributed by atoms with van der Waals surface area (Å²) in [7, 11) is 1.58. The predicted octanol–water partition coefficient (Wildman–Crippen LogP) is 4.41. The molecule has 0 bridgehead atoms. The Bertz CT molecular complexity index is 1350. The number of ether oxygens (including phenoxy) is 1. The topological polar surface area (TPSA) is 96.6 Å². The number of aryl methyl sites for hydroxylation is 2. The van der Waals surface area contributed by atoms with Gasteiger partial charge in [-0.05, 0) is 61.9 Å². The fraction of sp³-hybridized carbons (Fsp3) is 0.167. The van der Waals surface area contributed by atoms with Crippen molar-refractivity contribution in [3.8, 4) is 28.8 Å². The first-order chi connectivity index (χ1) is 15.5. The number of nitrogens with zero attached hydrogens (tertiary/aromatic N) is 4. The van der Waals surface area contributed by atoms with E-state index >= 15 is 0 Å². The number of benzene rings is 2. The molecule has 7 nitrogen and oxygen atoms in total. The number of hydrogen-bond donors (Lipinski definition) is 1. The maximum absolute atomic E-state index is 12.5. The lowest BCUT2D eigenvalue weighted by Gasteiger charge is -2.08. The minimum absolute atomic E-state index is 0.00578. The van der Waals surface area contributed by atoms with Gasteiger partial charge in [-0.15, -0.1) is 0 Å². The maximum atomic E-state index is 12.5. The molecule has 0 spiro atoms. The summed E-state index contributed by atoms with van der Waals surface area (Å²) in [4.78, 5) is 19.7. The van der Waals surface area contributed by atoms with Gasteiger partial charge in [-0.25, -0.2) is 9.67 Å². The molecule has 0 aliphatic rings. The zero-order valence-corrected chi connectivity index (χ0v) is 18.7. The van der Waals surface area contributed by atoms with Crippen LogP contribution in [0.3, 0.4) is 0 Å². The Kier molecular flexibility index (Phi) is 6.10. The van der Waals surface area contributed by atoms with Crippen molar-refractivity contribution in [1.29, 1.82) is 5.26 Å². The third-order valence-electron chi connectivity index (χ3n) is 4.94. The Balaban J connectivity index is 1.55. The van der Waals surface area contributed by atoms with Crippen molar-refractivity contribution in [2.45, 2.75) is 24.8 Å². The van der Waals surface area contributed by atoms with Crippen LogP contribution >= 0.6 is 11.8 Å². The number of nitrogens with one attached hydrogen (secondary N) is 1. The van der Waals surface area contributed by atoms with Crippen molar-refractivity contribution in [2.75, 3.05) is 7.11 Å². The number of methoxy groups -OCH3 is 1. The lowest BCUT2D eigenvalue weighted by molar-refractivity contribution is 0.415. The van der Waals surface area contributed by atoms with Crippen molar-refractivity contribution in [1.82, 2.24) is 19.7 Å². The molecule has 4 rings (SSSR count). The average molecular weight is 444 g/mol. The van der Waals surface area contributed by atoms with Crippen LogP contribution in [-0.2, 0) is 5.75 Å². The second-order valence-corrected chi connectivity index (χ2v) is 8.19. The number of aromatic amines is 1. The summed E-state index contributed by atoms with van der Waals surface area (Å²) in [5.41, 5.74) is 4.73. The quantitative estimate of drug-likeness (QED) is 0.350. The van der Waals surface area contributed by atoms with Crippen LogP contribution in [0.5, 0.6) is 5.75 Å². The van der Waals surface area contributed by atoms with Gasteiger partial charge in [-0.2, -0.15) is 10.4 Å². The van der Waals surface area contributed by atoms with Gasteiger partial charge in [-0.1, -0.05) is 23.9 Å². The maximum Gasteiger partial charge on any atom is 0.270 e. The lowest BCUT2D eigenvalue weighted by Crippen LogP contribution is -2.14. The molecule has 0 aliphatic carbocycles. The third kappa shape index (κ3) is 4.43. The first-order valence-corrected chi connectivity index (χ1v) is 10.9. The average Bonchev–Trinajstić information content (AvgIpc) is 3.15. The van der Waals surface area contributed by atoms with Crippen LogP contribution in [0.25, 0.3) is 16.9 Å². The van der Waals surface area contributed by atoms with Gasteiger partial charge in [0.2, 0.25) is 0 Å². The molecule has 2 heterocycles. The molecule has 160 valence electrons. The SMILES string of the molecule is COc1ccc(-c2nc(SCc3ccc(-n4nc(C)cc4C)cc3)[nH]c(=O)c2C#N)cc1. The van der Waals surface area contributed by atoms with Crippen molar-refractivity contribution < 1.29 is 4.74 Å². The van der Waals surface area contributed by atoms with Crippen molar-refractivity contribution in [3.63, 3.8) is 0 Å². The smallest absolute Gasteiger partial charge is 0.270 e. The largest absolute Gasteiger partial charge is 0.497 e. The molecule has 0 unspecified atom stereocenters. The molecule has 2 aromatic carbocycles. The minimum Gasteiger partial charge on any atom is -0.497 e. The van der Waals surface area contributed by atoms with E-state index in [0.29, 0.717) is 27.9 Å². The lowest BCUT2D eigenvalue weighted by atomic mass is 10.1. The summed E-state index contributed by atoms with van der Waals surface area (Å²) in [6.07, 6.45) is 0. The number of H-pyrrole nitrogens is 1. The predicted molar refractivity (Wildman–Crippen MR) is 124 cm³/mol. The molecule has 2 aromatic heterocycles. The third-order valence-corrected chi connectivity index (χ3v) is 5.88. The van der Waals surface area contributed by atoms with Crippen molar-refractivity contribution in [2.24, 2.45) is 0 Å². The Morgan fingerprint density at radius 2 is 1.84 bits per heavy atom. The van der Waals surface area contributed by atoms with Crippen LogP contribution in [0.1, 0.15) is 22.5 Å². The standard InChI is InChI=1S/C24H21N5O2S/c1-15-12-16(2)29(28-15)19-8-4-17(5-9-19)14-32-24-26-22(21(13-25)23(30)27-24)18-6-10-20(31-3)11-7-18/h4-12H,14H2,1-3H3,(H,26,27,30). The molecule has 8 heteroatoms. The fourth-order valence-corrected chi connectivity index (χ4v) is 4.17. The van der Waals surface area contributed by atoms with Gasteiger partial charge in [0.15, 0.2) is 5.16 Å². The molecule has 32 heavy (non-hydrogen) atoms. The van der Waals surface area contributed by atoms with E-state index in [9.17, 15) is 10.1 Å². The van der Waals surface area contributed by atoms with E-state index in [-0.39, 0.29) is 5.56 Å². The molecule has 0 radical (unpaired) electrons. The van der Waals surface area contributed by atoms with E-state index in [1.807, 2.05) is 54.9 Å². The Morgan fingerprint density at radius 3 is 2.44 bits per heavy atom. The van der Waals surface area contributed by atoms with Crippen LogP contribution in [-0.4, -0.2) is 26.9 Å². The zero-order chi connectivity index (χ0) is 22.7. The number of hydrogen-bond acceptors (Lipinski definition) is 6. The second-order valence-electron chi connectivity index (χ2n) is 7.23. The highest BCUT2D eigenvalue weighted by Gasteiger charge is 2.14. The van der Waals surface area contributed by atoms with Gasteiger partial charge < -0.3 is 9.72 Å². The van der Waals surface area contributed by atoms with Crippen molar-refractivity contribution in [3.05, 3.63) is 87.5 Å². The van der Waals surface area contributed by atoms with Crippen molar-refractivity contribution >= 4 is 11.8 Å². The Labute approximate surface area is 189 Å². The van der Waals surface area contributed by atoms with E-state index in [1.54, 1.807) is 31.4 Å². The van der Waals surface area contributed by atoms with E-state index in [1.165, 1.54) is 11.8 Å². The van der Waals surface area contributed by atoms with Gasteiger partial charge in [0.25, 0.3) is 5.56 Å². The van der Waals surface area contributed by atoms with Gasteiger partial charge in [0.05, 0.1) is 24.2 Å². The summed E-state index contributed by atoms with van der Waals surface area (Å²) < 4.78 is 7.09. The van der Waals surface area contributed by atoms with Crippen LogP contribution < -0.4 is 10.3 Å². The summed E-state index contributed by atoms with van der Waals surface area (Å²) in [6.45, 7) is 4.00. The van der Waals surface area contributed by atoms with Gasteiger partial charge in [0, 0.05) is 17.0 Å². The number of thioether (sulfide) groups is 1. The van der Waals surface area contributed by atoms with Crippen LogP contribution in [0.4, 0.5) is 0 Å². The first-order valence-electron chi connectivity index (χ1n) is 9.92. The summed E-state index contributed by atoms with van der Waals surface area (Å²) in [5, 5.41) is 14.4. The molecule has 0 saturated carbocycles. The molecule has 0 aliphatic heterocycles. The molecular weight excluding hydrogens is 422 g/mol. The van der Waals surface area contributed by atoms with Crippen LogP contribution in [0.2, 0.25) is 0 Å². The first kappa shape index (κ1) is 21.4. The highest BCUT2D eigenvalue weighted by atomic mass is 32.2. The molecular formula is C24H21N5O2S. The van der Waals surface area contributed by atoms with E-state index in [0.717, 1.165) is 22.6 Å².